The number of anilines is 2. The third kappa shape index (κ3) is 5.22. The summed E-state index contributed by atoms with van der Waals surface area (Å²) in [5, 5.41) is 16.9. The topological polar surface area (TPSA) is 82.9 Å². The molecule has 40 heavy (non-hydrogen) atoms. The molecule has 2 amide bonds. The van der Waals surface area contributed by atoms with Gasteiger partial charge in [-0.3, -0.25) is 9.59 Å². The number of benzene rings is 4. The minimum Gasteiger partial charge on any atom is -0.321 e. The predicted molar refractivity (Wildman–Crippen MR) is 167 cm³/mol. The lowest BCUT2D eigenvalue weighted by atomic mass is 10.2. The van der Waals surface area contributed by atoms with Gasteiger partial charge in [-0.2, -0.15) is 5.11 Å². The van der Waals surface area contributed by atoms with Crippen LogP contribution in [0, 0.1) is 0 Å². The molecule has 6 aromatic rings. The number of nitrogens with one attached hydrogen (secondary N) is 2. The molecular formula is C30H18Cl2N4O2S2. The van der Waals surface area contributed by atoms with E-state index in [2.05, 4.69) is 20.9 Å². The molecule has 4 aromatic carbocycles. The summed E-state index contributed by atoms with van der Waals surface area (Å²) in [6.45, 7) is 0. The molecule has 6 rings (SSSR count). The SMILES string of the molecule is O=C(Nc1ccc(N=Nc2ccccc2)c(NC(=O)c2sc3ccccc3c2Cl)c1)c1sc2ccccc2c1Cl. The van der Waals surface area contributed by atoms with E-state index in [-0.39, 0.29) is 5.91 Å². The molecule has 0 saturated carbocycles. The summed E-state index contributed by atoms with van der Waals surface area (Å²) in [5.41, 5.74) is 1.88. The highest BCUT2D eigenvalue weighted by molar-refractivity contribution is 7.22. The number of azo groups is 1. The molecule has 0 saturated heterocycles. The Morgan fingerprint density at radius 3 is 1.77 bits per heavy atom. The first-order chi connectivity index (χ1) is 19.5. The molecule has 0 spiro atoms. The zero-order valence-electron chi connectivity index (χ0n) is 20.5. The standard InChI is InChI=1S/C30H18Cl2N4O2S2/c31-25-19-10-4-6-12-23(19)39-27(25)29(37)33-18-14-15-21(36-35-17-8-2-1-3-9-17)22(16-18)34-30(38)28-26(32)20-11-5-7-13-24(20)40-28/h1-16H,(H,33,37)(H,34,38). The van der Waals surface area contributed by atoms with Gasteiger partial charge in [-0.05, 0) is 42.5 Å². The number of hydrogen-bond donors (Lipinski definition) is 2. The molecule has 0 aliphatic heterocycles. The molecule has 0 aliphatic carbocycles. The molecule has 2 heterocycles. The molecule has 0 atom stereocenters. The maximum Gasteiger partial charge on any atom is 0.267 e. The average Bonchev–Trinajstić information content (AvgIpc) is 3.50. The van der Waals surface area contributed by atoms with Crippen LogP contribution in [0.1, 0.15) is 19.3 Å². The summed E-state index contributed by atoms with van der Waals surface area (Å²) in [7, 11) is 0. The van der Waals surface area contributed by atoms with Crippen molar-refractivity contribution < 1.29 is 9.59 Å². The quantitative estimate of drug-likeness (QED) is 0.186. The van der Waals surface area contributed by atoms with Crippen molar-refractivity contribution in [1.29, 1.82) is 0 Å². The minimum atomic E-state index is -0.390. The number of thiophene rings is 2. The largest absolute Gasteiger partial charge is 0.321 e. The maximum absolute atomic E-state index is 13.4. The van der Waals surface area contributed by atoms with E-state index in [0.29, 0.717) is 42.5 Å². The second-order valence-electron chi connectivity index (χ2n) is 8.66. The van der Waals surface area contributed by atoms with Crippen molar-refractivity contribution in [2.45, 2.75) is 0 Å². The zero-order chi connectivity index (χ0) is 27.6. The van der Waals surface area contributed by atoms with Gasteiger partial charge in [0.1, 0.15) is 15.4 Å². The van der Waals surface area contributed by atoms with Crippen LogP contribution in [-0.4, -0.2) is 11.8 Å². The van der Waals surface area contributed by atoms with Crippen molar-refractivity contribution in [2.24, 2.45) is 10.2 Å². The van der Waals surface area contributed by atoms with Gasteiger partial charge in [-0.25, -0.2) is 0 Å². The molecule has 0 unspecified atom stereocenters. The molecule has 10 heteroatoms. The predicted octanol–water partition coefficient (Wildman–Crippen LogP) is 10.3. The smallest absolute Gasteiger partial charge is 0.267 e. The van der Waals surface area contributed by atoms with Crippen molar-refractivity contribution in [2.75, 3.05) is 10.6 Å². The molecule has 0 bridgehead atoms. The highest BCUT2D eigenvalue weighted by atomic mass is 35.5. The highest BCUT2D eigenvalue weighted by Crippen LogP contribution is 2.38. The van der Waals surface area contributed by atoms with Gasteiger partial charge in [0.2, 0.25) is 0 Å². The Balaban J connectivity index is 1.33. The summed E-state index contributed by atoms with van der Waals surface area (Å²) >= 11 is 15.7. The summed E-state index contributed by atoms with van der Waals surface area (Å²) in [4.78, 5) is 27.3. The van der Waals surface area contributed by atoms with Gasteiger partial charge in [-0.1, -0.05) is 77.8 Å². The minimum absolute atomic E-state index is 0.352. The lowest BCUT2D eigenvalue weighted by Gasteiger charge is -2.11. The summed E-state index contributed by atoms with van der Waals surface area (Å²) < 4.78 is 1.82. The Morgan fingerprint density at radius 2 is 1.18 bits per heavy atom. The number of hydrogen-bond acceptors (Lipinski definition) is 6. The molecule has 0 aliphatic rings. The van der Waals surface area contributed by atoms with E-state index in [1.54, 1.807) is 18.2 Å². The summed E-state index contributed by atoms with van der Waals surface area (Å²) in [5.74, 6) is -0.743. The number of rotatable bonds is 6. The third-order valence-electron chi connectivity index (χ3n) is 6.01. The lowest BCUT2D eigenvalue weighted by molar-refractivity contribution is 0.102. The fourth-order valence-corrected chi connectivity index (χ4v) is 6.92. The van der Waals surface area contributed by atoms with E-state index < -0.39 is 5.91 Å². The van der Waals surface area contributed by atoms with Crippen LogP contribution in [-0.2, 0) is 0 Å². The number of fused-ring (bicyclic) bond motifs is 2. The fraction of sp³-hybridized carbons (Fsp3) is 0. The van der Waals surface area contributed by atoms with Crippen LogP contribution < -0.4 is 10.6 Å². The molecular weight excluding hydrogens is 583 g/mol. The van der Waals surface area contributed by atoms with E-state index in [9.17, 15) is 9.59 Å². The normalized spacial score (nSPS) is 11.3. The van der Waals surface area contributed by atoms with Gasteiger partial charge >= 0.3 is 0 Å². The van der Waals surface area contributed by atoms with E-state index >= 15 is 0 Å². The number of carbonyl (C=O) groups excluding carboxylic acids is 2. The molecule has 6 nitrogen and oxygen atoms in total. The fourth-order valence-electron chi connectivity index (χ4n) is 4.09. The number of carbonyl (C=O) groups is 2. The van der Waals surface area contributed by atoms with Gasteiger partial charge in [0, 0.05) is 25.9 Å². The first-order valence-electron chi connectivity index (χ1n) is 12.1. The second-order valence-corrected chi connectivity index (χ2v) is 11.5. The Bertz CT molecular complexity index is 1930. The van der Waals surface area contributed by atoms with Crippen molar-refractivity contribution in [3.8, 4) is 0 Å². The Kier molecular flexibility index (Phi) is 7.32. The lowest BCUT2D eigenvalue weighted by Crippen LogP contribution is -2.13. The van der Waals surface area contributed by atoms with Crippen LogP contribution in [0.3, 0.4) is 0 Å². The van der Waals surface area contributed by atoms with Crippen LogP contribution in [0.15, 0.2) is 107 Å². The number of amides is 2. The van der Waals surface area contributed by atoms with Crippen LogP contribution in [0.4, 0.5) is 22.7 Å². The average molecular weight is 602 g/mol. The monoisotopic (exact) mass is 600 g/mol. The number of nitrogens with zero attached hydrogens (tertiary/aromatic N) is 2. The van der Waals surface area contributed by atoms with E-state index in [4.69, 9.17) is 23.2 Å². The molecule has 196 valence electrons. The first-order valence-corrected chi connectivity index (χ1v) is 14.4. The number of halogens is 2. The Morgan fingerprint density at radius 1 is 0.625 bits per heavy atom. The molecule has 0 radical (unpaired) electrons. The highest BCUT2D eigenvalue weighted by Gasteiger charge is 2.20. The Labute approximate surface area is 246 Å². The Hall–Kier alpha value is -4.08. The van der Waals surface area contributed by atoms with Gasteiger partial charge in [-0.15, -0.1) is 27.8 Å². The van der Waals surface area contributed by atoms with Crippen LogP contribution in [0.25, 0.3) is 20.2 Å². The summed E-state index contributed by atoms with van der Waals surface area (Å²) in [6.07, 6.45) is 0. The summed E-state index contributed by atoms with van der Waals surface area (Å²) in [6, 6.07) is 29.4. The first kappa shape index (κ1) is 26.2. The van der Waals surface area contributed by atoms with Gasteiger partial charge < -0.3 is 10.6 Å². The van der Waals surface area contributed by atoms with Crippen LogP contribution in [0.5, 0.6) is 0 Å². The van der Waals surface area contributed by atoms with Gasteiger partial charge in [0.05, 0.1) is 21.4 Å². The van der Waals surface area contributed by atoms with Crippen LogP contribution in [0.2, 0.25) is 10.0 Å². The molecule has 0 fully saturated rings. The van der Waals surface area contributed by atoms with E-state index in [1.165, 1.54) is 22.7 Å². The van der Waals surface area contributed by atoms with E-state index in [1.807, 2.05) is 78.9 Å². The third-order valence-corrected chi connectivity index (χ3v) is 9.36. The van der Waals surface area contributed by atoms with Crippen LogP contribution >= 0.6 is 45.9 Å². The van der Waals surface area contributed by atoms with Crippen molar-refractivity contribution >= 4 is 101 Å². The molecule has 2 N–H and O–H groups in total. The maximum atomic E-state index is 13.4. The van der Waals surface area contributed by atoms with Crippen molar-refractivity contribution in [3.05, 3.63) is 117 Å². The zero-order valence-corrected chi connectivity index (χ0v) is 23.7. The van der Waals surface area contributed by atoms with Crippen molar-refractivity contribution in [1.82, 2.24) is 0 Å². The van der Waals surface area contributed by atoms with Crippen molar-refractivity contribution in [3.63, 3.8) is 0 Å². The molecule has 2 aromatic heterocycles. The van der Waals surface area contributed by atoms with Gasteiger partial charge in [0.15, 0.2) is 0 Å². The van der Waals surface area contributed by atoms with Gasteiger partial charge in [0.25, 0.3) is 11.8 Å². The second kappa shape index (κ2) is 11.2. The van der Waals surface area contributed by atoms with E-state index in [0.717, 1.165) is 20.2 Å².